The first kappa shape index (κ1) is 23.4. The fraction of sp³-hybridized carbons (Fsp3) is 0.955. The molecule has 0 bridgehead atoms. The number of rotatable bonds is 17. The molecule has 1 saturated heterocycles. The smallest absolute Gasteiger partial charge is 0.254 e. The van der Waals surface area contributed by atoms with Crippen LogP contribution in [0.15, 0.2) is 0 Å². The van der Waals surface area contributed by atoms with Gasteiger partial charge in [0.05, 0.1) is 12.7 Å². The number of nitrogens with one attached hydrogen (secondary N) is 1. The van der Waals surface area contributed by atoms with Gasteiger partial charge in [-0.25, -0.2) is 0 Å². The Morgan fingerprint density at radius 2 is 1.42 bits per heavy atom. The molecule has 3 atom stereocenters. The van der Waals surface area contributed by atoms with Gasteiger partial charge in [-0.1, -0.05) is 90.4 Å². The normalized spacial score (nSPS) is 23.0. The van der Waals surface area contributed by atoms with Crippen LogP contribution in [0, 0.1) is 0 Å². The third-order valence-electron chi connectivity index (χ3n) is 5.62. The van der Waals surface area contributed by atoms with Gasteiger partial charge in [0, 0.05) is 6.04 Å². The Kier molecular flexibility index (Phi) is 12.2. The van der Waals surface area contributed by atoms with Gasteiger partial charge in [0.2, 0.25) is 0 Å². The Balaban J connectivity index is 1.88. The van der Waals surface area contributed by atoms with Crippen LogP contribution in [0.25, 0.3) is 0 Å². The van der Waals surface area contributed by atoms with Gasteiger partial charge >= 0.3 is 0 Å². The molecule has 0 aromatic heterocycles. The number of aliphatic hydroxyl groups is 1. The maximum atomic E-state index is 12.1. The lowest BCUT2D eigenvalue weighted by atomic mass is 10.00. The van der Waals surface area contributed by atoms with Crippen molar-refractivity contribution < 1.29 is 14.6 Å². The zero-order chi connectivity index (χ0) is 19.3. The van der Waals surface area contributed by atoms with E-state index in [9.17, 15) is 4.79 Å². The zero-order valence-corrected chi connectivity index (χ0v) is 17.5. The van der Waals surface area contributed by atoms with Gasteiger partial charge in [0.25, 0.3) is 5.91 Å². The molecule has 1 aliphatic heterocycles. The van der Waals surface area contributed by atoms with E-state index in [1.54, 1.807) is 6.92 Å². The van der Waals surface area contributed by atoms with E-state index in [-0.39, 0.29) is 24.7 Å². The standard InChI is InChI=1S/C22H43NO3/c1-4-5-6-7-8-9-10-11-12-13-14-15-16-17-20-22(3,26-20)21(25)23-19(2)18-24/h19-20,24H,4-18H2,1-3H3,(H,23,25)/t19-,20-,22+/m1/s1. The van der Waals surface area contributed by atoms with Gasteiger partial charge in [-0.05, 0) is 20.3 Å². The Hall–Kier alpha value is -0.610. The molecule has 0 radical (unpaired) electrons. The molecular weight excluding hydrogens is 326 g/mol. The zero-order valence-electron chi connectivity index (χ0n) is 17.5. The number of amides is 1. The number of epoxide rings is 1. The van der Waals surface area contributed by atoms with Crippen molar-refractivity contribution >= 4 is 5.91 Å². The Bertz CT molecular complexity index is 374. The van der Waals surface area contributed by atoms with Crippen molar-refractivity contribution in [3.63, 3.8) is 0 Å². The minimum absolute atomic E-state index is 0.0364. The predicted molar refractivity (Wildman–Crippen MR) is 108 cm³/mol. The monoisotopic (exact) mass is 369 g/mol. The van der Waals surface area contributed by atoms with Crippen LogP contribution in [0.5, 0.6) is 0 Å². The molecule has 0 aliphatic carbocycles. The Morgan fingerprint density at radius 1 is 0.962 bits per heavy atom. The summed E-state index contributed by atoms with van der Waals surface area (Å²) in [5.41, 5.74) is -0.666. The Morgan fingerprint density at radius 3 is 1.88 bits per heavy atom. The van der Waals surface area contributed by atoms with Crippen molar-refractivity contribution in [3.8, 4) is 0 Å². The van der Waals surface area contributed by atoms with E-state index in [0.717, 1.165) is 12.8 Å². The van der Waals surface area contributed by atoms with E-state index in [4.69, 9.17) is 9.84 Å². The van der Waals surface area contributed by atoms with Crippen molar-refractivity contribution in [1.82, 2.24) is 5.32 Å². The topological polar surface area (TPSA) is 61.9 Å². The van der Waals surface area contributed by atoms with Crippen molar-refractivity contribution in [2.24, 2.45) is 0 Å². The maximum Gasteiger partial charge on any atom is 0.254 e. The van der Waals surface area contributed by atoms with Gasteiger partial charge in [-0.2, -0.15) is 0 Å². The molecule has 0 aromatic rings. The molecule has 0 aromatic carbocycles. The van der Waals surface area contributed by atoms with Crippen LogP contribution >= 0.6 is 0 Å². The minimum atomic E-state index is -0.666. The van der Waals surface area contributed by atoms with Crippen molar-refractivity contribution in [2.45, 2.75) is 128 Å². The molecule has 0 unspecified atom stereocenters. The molecule has 1 heterocycles. The fourth-order valence-corrected chi connectivity index (χ4v) is 3.56. The van der Waals surface area contributed by atoms with Crippen LogP contribution in [0.1, 0.15) is 111 Å². The molecule has 2 N–H and O–H groups in total. The summed E-state index contributed by atoms with van der Waals surface area (Å²) in [7, 11) is 0. The second-order valence-corrected chi connectivity index (χ2v) is 8.30. The second-order valence-electron chi connectivity index (χ2n) is 8.30. The van der Waals surface area contributed by atoms with Crippen LogP contribution in [-0.4, -0.2) is 35.4 Å². The highest BCUT2D eigenvalue weighted by molar-refractivity contribution is 5.88. The molecule has 26 heavy (non-hydrogen) atoms. The maximum absolute atomic E-state index is 12.1. The van der Waals surface area contributed by atoms with Crippen LogP contribution in [-0.2, 0) is 9.53 Å². The summed E-state index contributed by atoms with van der Waals surface area (Å²) in [6.45, 7) is 5.89. The lowest BCUT2D eigenvalue weighted by molar-refractivity contribution is -0.126. The number of ether oxygens (including phenoxy) is 1. The van der Waals surface area contributed by atoms with Crippen molar-refractivity contribution in [3.05, 3.63) is 0 Å². The average molecular weight is 370 g/mol. The summed E-state index contributed by atoms with van der Waals surface area (Å²) in [5.74, 6) is -0.0845. The van der Waals surface area contributed by atoms with E-state index >= 15 is 0 Å². The van der Waals surface area contributed by atoms with E-state index in [1.807, 2.05) is 6.92 Å². The lowest BCUT2D eigenvalue weighted by Crippen LogP contribution is -2.43. The van der Waals surface area contributed by atoms with Crippen LogP contribution in [0.2, 0.25) is 0 Å². The lowest BCUT2D eigenvalue weighted by Gasteiger charge is -2.13. The molecule has 0 spiro atoms. The van der Waals surface area contributed by atoms with Crippen LogP contribution in [0.3, 0.4) is 0 Å². The highest BCUT2D eigenvalue weighted by atomic mass is 16.6. The fourth-order valence-electron chi connectivity index (χ4n) is 3.56. The summed E-state index contributed by atoms with van der Waals surface area (Å²) < 4.78 is 5.63. The number of hydrogen-bond acceptors (Lipinski definition) is 3. The van der Waals surface area contributed by atoms with E-state index in [2.05, 4.69) is 12.2 Å². The molecule has 0 saturated carbocycles. The molecule has 1 rings (SSSR count). The third-order valence-corrected chi connectivity index (χ3v) is 5.62. The first-order valence-electron chi connectivity index (χ1n) is 11.1. The van der Waals surface area contributed by atoms with E-state index in [0.29, 0.717) is 0 Å². The number of hydrogen-bond donors (Lipinski definition) is 2. The molecule has 4 heteroatoms. The largest absolute Gasteiger partial charge is 0.394 e. The number of carbonyl (C=O) groups excluding carboxylic acids is 1. The molecule has 154 valence electrons. The van der Waals surface area contributed by atoms with E-state index < -0.39 is 5.60 Å². The first-order chi connectivity index (χ1) is 12.5. The summed E-state index contributed by atoms with van der Waals surface area (Å²) in [6, 6.07) is -0.208. The Labute approximate surface area is 161 Å². The molecule has 1 amide bonds. The highest BCUT2D eigenvalue weighted by Gasteiger charge is 2.57. The number of unbranched alkanes of at least 4 members (excludes halogenated alkanes) is 12. The van der Waals surface area contributed by atoms with Gasteiger partial charge in [0.1, 0.15) is 0 Å². The van der Waals surface area contributed by atoms with Gasteiger partial charge in [0.15, 0.2) is 5.60 Å². The minimum Gasteiger partial charge on any atom is -0.394 e. The number of aliphatic hydroxyl groups excluding tert-OH is 1. The summed E-state index contributed by atoms with van der Waals surface area (Å²) in [6.07, 6.45) is 18.6. The SMILES string of the molecule is CCCCCCCCCCCCCCC[C@H]1O[C@]1(C)C(=O)N[C@H](C)CO. The van der Waals surface area contributed by atoms with Crippen molar-refractivity contribution in [1.29, 1.82) is 0 Å². The number of carbonyl (C=O) groups is 1. The molecule has 1 aliphatic rings. The summed E-state index contributed by atoms with van der Waals surface area (Å²) in [5, 5.41) is 11.8. The van der Waals surface area contributed by atoms with Crippen molar-refractivity contribution in [2.75, 3.05) is 6.61 Å². The first-order valence-corrected chi connectivity index (χ1v) is 11.1. The van der Waals surface area contributed by atoms with Crippen LogP contribution < -0.4 is 5.32 Å². The summed E-state index contributed by atoms with van der Waals surface area (Å²) >= 11 is 0. The molecule has 1 fully saturated rings. The van der Waals surface area contributed by atoms with Gasteiger partial charge < -0.3 is 15.2 Å². The third kappa shape index (κ3) is 9.36. The van der Waals surface area contributed by atoms with Gasteiger partial charge in [-0.3, -0.25) is 4.79 Å². The second kappa shape index (κ2) is 13.5. The average Bonchev–Trinajstić information content (AvgIpc) is 3.30. The van der Waals surface area contributed by atoms with Crippen LogP contribution in [0.4, 0.5) is 0 Å². The highest BCUT2D eigenvalue weighted by Crippen LogP contribution is 2.39. The van der Waals surface area contributed by atoms with E-state index in [1.165, 1.54) is 77.0 Å². The molecule has 4 nitrogen and oxygen atoms in total. The quantitative estimate of drug-likeness (QED) is 0.276. The van der Waals surface area contributed by atoms with Gasteiger partial charge in [-0.15, -0.1) is 0 Å². The predicted octanol–water partition coefficient (Wildman–Crippen LogP) is 5.12. The summed E-state index contributed by atoms with van der Waals surface area (Å²) in [4.78, 5) is 12.1. The molecular formula is C22H43NO3.